The second-order valence-electron chi connectivity index (χ2n) is 9.37. The van der Waals surface area contributed by atoms with E-state index >= 15 is 0 Å². The van der Waals surface area contributed by atoms with E-state index in [4.69, 9.17) is 19.2 Å². The number of carbonyl (C=O) groups is 2. The van der Waals surface area contributed by atoms with Crippen LogP contribution in [0.4, 0.5) is 5.13 Å². The van der Waals surface area contributed by atoms with Gasteiger partial charge in [0.25, 0.3) is 11.8 Å². The van der Waals surface area contributed by atoms with Crippen molar-refractivity contribution in [2.75, 3.05) is 45.8 Å². The first kappa shape index (κ1) is 26.7. The number of anilines is 1. The zero-order chi connectivity index (χ0) is 27.4. The molecule has 39 heavy (non-hydrogen) atoms. The minimum Gasteiger partial charge on any atom is -0.493 e. The Morgan fingerprint density at radius 2 is 1.77 bits per heavy atom. The number of methoxy groups -OCH3 is 2. The lowest BCUT2D eigenvalue weighted by atomic mass is 9.98. The van der Waals surface area contributed by atoms with Crippen molar-refractivity contribution < 1.29 is 23.8 Å². The van der Waals surface area contributed by atoms with Crippen molar-refractivity contribution in [2.24, 2.45) is 0 Å². The van der Waals surface area contributed by atoms with E-state index in [0.717, 1.165) is 55.3 Å². The van der Waals surface area contributed by atoms with Gasteiger partial charge in [-0.3, -0.25) is 14.9 Å². The van der Waals surface area contributed by atoms with Gasteiger partial charge in [0.1, 0.15) is 0 Å². The number of thiazole rings is 1. The lowest BCUT2D eigenvalue weighted by Crippen LogP contribution is -2.36. The second-order valence-corrected chi connectivity index (χ2v) is 10.4. The summed E-state index contributed by atoms with van der Waals surface area (Å²) in [5.41, 5.74) is 5.40. The fourth-order valence-electron chi connectivity index (χ4n) is 4.91. The summed E-state index contributed by atoms with van der Waals surface area (Å²) in [6.07, 6.45) is 1.81. The van der Waals surface area contributed by atoms with E-state index < -0.39 is 0 Å². The number of aromatic nitrogens is 1. The van der Waals surface area contributed by atoms with Gasteiger partial charge in [0.05, 0.1) is 38.0 Å². The average molecular weight is 549 g/mol. The van der Waals surface area contributed by atoms with Crippen LogP contribution in [0.1, 0.15) is 50.2 Å². The Hall–Kier alpha value is -3.89. The molecule has 2 aromatic carbocycles. The van der Waals surface area contributed by atoms with Crippen LogP contribution < -0.4 is 20.1 Å². The van der Waals surface area contributed by atoms with E-state index in [0.29, 0.717) is 27.8 Å². The molecule has 0 saturated carbocycles. The van der Waals surface area contributed by atoms with Crippen LogP contribution in [-0.4, -0.2) is 62.2 Å². The summed E-state index contributed by atoms with van der Waals surface area (Å²) in [4.78, 5) is 34.0. The molecule has 0 unspecified atom stereocenters. The number of ether oxygens (including phenoxy) is 3. The van der Waals surface area contributed by atoms with Crippen molar-refractivity contribution in [3.63, 3.8) is 0 Å². The molecule has 2 aliphatic rings. The van der Waals surface area contributed by atoms with Crippen molar-refractivity contribution in [2.45, 2.75) is 26.3 Å². The molecule has 204 valence electrons. The van der Waals surface area contributed by atoms with Gasteiger partial charge in [-0.2, -0.15) is 0 Å². The average Bonchev–Trinajstić information content (AvgIpc) is 3.39. The number of benzene rings is 2. The van der Waals surface area contributed by atoms with E-state index in [-0.39, 0.29) is 18.4 Å². The third-order valence-electron chi connectivity index (χ3n) is 6.97. The predicted molar refractivity (Wildman–Crippen MR) is 151 cm³/mol. The zero-order valence-electron chi connectivity index (χ0n) is 22.3. The van der Waals surface area contributed by atoms with Crippen LogP contribution in [0.25, 0.3) is 5.57 Å². The number of hydrogen-bond acceptors (Lipinski definition) is 8. The molecule has 2 amide bonds. The van der Waals surface area contributed by atoms with Crippen LogP contribution >= 0.6 is 11.3 Å². The van der Waals surface area contributed by atoms with Gasteiger partial charge in [0, 0.05) is 36.5 Å². The number of morpholine rings is 1. The first-order valence-electron chi connectivity index (χ1n) is 12.9. The molecular formula is C29H32N4O5S. The van der Waals surface area contributed by atoms with Crippen LogP contribution in [-0.2, 0) is 17.7 Å². The number of hydrogen-bond donors (Lipinski definition) is 2. The van der Waals surface area contributed by atoms with E-state index in [2.05, 4.69) is 22.5 Å². The van der Waals surface area contributed by atoms with Crippen molar-refractivity contribution >= 4 is 33.9 Å². The SMILES string of the molecule is COc1ccc(C(=O)NCc2cccc(C(=O)Nc3nc4c(s3)C(C)=C(N3CCOCC3)CC4)c2)cc1OC. The Balaban J connectivity index is 1.23. The fourth-order valence-corrected chi connectivity index (χ4v) is 5.93. The fraction of sp³-hybridized carbons (Fsp3) is 0.345. The molecule has 1 aromatic heterocycles. The molecule has 0 radical (unpaired) electrons. The molecule has 9 nitrogen and oxygen atoms in total. The van der Waals surface area contributed by atoms with Crippen molar-refractivity contribution in [3.05, 3.63) is 75.4 Å². The summed E-state index contributed by atoms with van der Waals surface area (Å²) in [6, 6.07) is 12.2. The minimum absolute atomic E-state index is 0.232. The van der Waals surface area contributed by atoms with Crippen molar-refractivity contribution in [3.8, 4) is 11.5 Å². The van der Waals surface area contributed by atoms with Gasteiger partial charge in [-0.25, -0.2) is 4.98 Å². The number of nitrogens with one attached hydrogen (secondary N) is 2. The molecule has 1 aliphatic carbocycles. The molecule has 0 spiro atoms. The number of rotatable bonds is 8. The van der Waals surface area contributed by atoms with Gasteiger partial charge in [0.15, 0.2) is 16.6 Å². The Morgan fingerprint density at radius 3 is 2.54 bits per heavy atom. The van der Waals surface area contributed by atoms with Crippen molar-refractivity contribution in [1.82, 2.24) is 15.2 Å². The molecule has 1 fully saturated rings. The highest BCUT2D eigenvalue weighted by Gasteiger charge is 2.25. The molecule has 10 heteroatoms. The molecular weight excluding hydrogens is 516 g/mol. The zero-order valence-corrected chi connectivity index (χ0v) is 23.2. The van der Waals surface area contributed by atoms with E-state index in [1.165, 1.54) is 29.7 Å². The smallest absolute Gasteiger partial charge is 0.257 e. The number of fused-ring (bicyclic) bond motifs is 1. The maximum absolute atomic E-state index is 13.1. The van der Waals surface area contributed by atoms with Crippen LogP contribution in [0.15, 0.2) is 48.2 Å². The summed E-state index contributed by atoms with van der Waals surface area (Å²) in [7, 11) is 3.07. The summed E-state index contributed by atoms with van der Waals surface area (Å²) >= 11 is 1.52. The van der Waals surface area contributed by atoms with Gasteiger partial charge in [-0.1, -0.05) is 23.5 Å². The highest BCUT2D eigenvalue weighted by atomic mass is 32.1. The first-order chi connectivity index (χ1) is 19.0. The van der Waals surface area contributed by atoms with Crippen LogP contribution in [0.3, 0.4) is 0 Å². The van der Waals surface area contributed by atoms with E-state index in [9.17, 15) is 9.59 Å². The molecule has 3 aromatic rings. The van der Waals surface area contributed by atoms with Crippen LogP contribution in [0.2, 0.25) is 0 Å². The molecule has 2 heterocycles. The summed E-state index contributed by atoms with van der Waals surface area (Å²) in [5.74, 6) is 0.552. The monoisotopic (exact) mass is 548 g/mol. The largest absolute Gasteiger partial charge is 0.493 e. The quantitative estimate of drug-likeness (QED) is 0.432. The molecule has 1 aliphatic heterocycles. The third kappa shape index (κ3) is 5.91. The molecule has 0 atom stereocenters. The lowest BCUT2D eigenvalue weighted by Gasteiger charge is -2.34. The van der Waals surface area contributed by atoms with E-state index in [1.807, 2.05) is 6.07 Å². The summed E-state index contributed by atoms with van der Waals surface area (Å²) in [5, 5.41) is 6.46. The topological polar surface area (TPSA) is 102 Å². The molecule has 2 N–H and O–H groups in total. The Bertz CT molecular complexity index is 1410. The maximum Gasteiger partial charge on any atom is 0.257 e. The normalized spacial score (nSPS) is 15.0. The van der Waals surface area contributed by atoms with Gasteiger partial charge in [-0.05, 0) is 61.2 Å². The predicted octanol–water partition coefficient (Wildman–Crippen LogP) is 4.35. The number of aryl methyl sites for hydroxylation is 1. The number of carbonyl (C=O) groups excluding carboxylic acids is 2. The van der Waals surface area contributed by atoms with Crippen molar-refractivity contribution in [1.29, 1.82) is 0 Å². The summed E-state index contributed by atoms with van der Waals surface area (Å²) < 4.78 is 16.0. The Labute approximate surface area is 231 Å². The highest BCUT2D eigenvalue weighted by Crippen LogP contribution is 2.38. The number of nitrogens with zero attached hydrogens (tertiary/aromatic N) is 2. The molecule has 5 rings (SSSR count). The highest BCUT2D eigenvalue weighted by molar-refractivity contribution is 7.17. The van der Waals surface area contributed by atoms with Crippen LogP contribution in [0, 0.1) is 0 Å². The number of allylic oxidation sites excluding steroid dienone is 2. The Morgan fingerprint density at radius 1 is 1.00 bits per heavy atom. The summed E-state index contributed by atoms with van der Waals surface area (Å²) in [6.45, 7) is 5.75. The standard InChI is InChI=1S/C29H32N4O5S/c1-18-23(33-11-13-38-14-12-33)9-8-22-26(18)39-29(31-22)32-28(35)20-6-4-5-19(15-20)17-30-27(34)21-7-10-24(36-2)25(16-21)37-3/h4-7,10,15-16H,8-9,11-14,17H2,1-3H3,(H,30,34)(H,31,32,35). The molecule has 0 bridgehead atoms. The second kappa shape index (κ2) is 11.9. The van der Waals surface area contributed by atoms with Gasteiger partial charge in [-0.15, -0.1) is 0 Å². The van der Waals surface area contributed by atoms with Gasteiger partial charge in [0.2, 0.25) is 0 Å². The van der Waals surface area contributed by atoms with Gasteiger partial charge < -0.3 is 24.4 Å². The van der Waals surface area contributed by atoms with Gasteiger partial charge >= 0.3 is 0 Å². The number of amides is 2. The maximum atomic E-state index is 13.1. The minimum atomic E-state index is -0.251. The lowest BCUT2D eigenvalue weighted by molar-refractivity contribution is 0.0522. The third-order valence-corrected chi connectivity index (χ3v) is 8.10. The first-order valence-corrected chi connectivity index (χ1v) is 13.7. The molecule has 1 saturated heterocycles. The van der Waals surface area contributed by atoms with Crippen LogP contribution in [0.5, 0.6) is 11.5 Å². The Kier molecular flexibility index (Phi) is 8.13. The van der Waals surface area contributed by atoms with E-state index in [1.54, 1.807) is 43.5 Å².